The van der Waals surface area contributed by atoms with Gasteiger partial charge in [0.25, 0.3) is 0 Å². The van der Waals surface area contributed by atoms with E-state index in [9.17, 15) is 14.4 Å². The molecule has 0 heterocycles. The molecule has 0 rings (SSSR count). The van der Waals surface area contributed by atoms with Gasteiger partial charge >= 0.3 is 12.1 Å². The van der Waals surface area contributed by atoms with Gasteiger partial charge in [0, 0.05) is 0 Å². The zero-order chi connectivity index (χ0) is 15.5. The van der Waals surface area contributed by atoms with Gasteiger partial charge in [0.15, 0.2) is 0 Å². The van der Waals surface area contributed by atoms with E-state index in [4.69, 9.17) is 9.47 Å². The minimum Gasteiger partial charge on any atom is -0.465 e. The minimum atomic E-state index is -0.742. The summed E-state index contributed by atoms with van der Waals surface area (Å²) >= 11 is 0. The first-order valence-corrected chi connectivity index (χ1v) is 6.82. The number of carbonyl (C=O) groups is 3. The van der Waals surface area contributed by atoms with E-state index in [1.807, 2.05) is 13.8 Å². The summed E-state index contributed by atoms with van der Waals surface area (Å²) in [5.74, 6) is -1.03. The third-order valence-corrected chi connectivity index (χ3v) is 2.76. The Morgan fingerprint density at radius 1 is 1.05 bits per heavy atom. The Balaban J connectivity index is 4.49. The predicted octanol–water partition coefficient (Wildman–Crippen LogP) is 0.826. The number of hydrogen-bond donors (Lipinski definition) is 2. The van der Waals surface area contributed by atoms with Crippen molar-refractivity contribution in [2.45, 2.75) is 40.2 Å². The number of hydrogen-bond acceptors (Lipinski definition) is 5. The topological polar surface area (TPSA) is 93.7 Å². The lowest BCUT2D eigenvalue weighted by Gasteiger charge is -2.22. The molecule has 0 aromatic rings. The first kappa shape index (κ1) is 18.2. The van der Waals surface area contributed by atoms with E-state index in [0.717, 1.165) is 0 Å². The van der Waals surface area contributed by atoms with Gasteiger partial charge in [0.2, 0.25) is 5.91 Å². The first-order valence-electron chi connectivity index (χ1n) is 6.82. The molecular weight excluding hydrogens is 264 g/mol. The van der Waals surface area contributed by atoms with Gasteiger partial charge < -0.3 is 20.1 Å². The second-order valence-corrected chi connectivity index (χ2v) is 4.25. The van der Waals surface area contributed by atoms with Crippen LogP contribution in [0.2, 0.25) is 0 Å². The van der Waals surface area contributed by atoms with Crippen LogP contribution in [0.25, 0.3) is 0 Å². The lowest BCUT2D eigenvalue weighted by Crippen LogP contribution is -2.51. The van der Waals surface area contributed by atoms with Gasteiger partial charge in [-0.3, -0.25) is 9.59 Å². The molecule has 116 valence electrons. The Bertz CT molecular complexity index is 333. The predicted molar refractivity (Wildman–Crippen MR) is 73.0 cm³/mol. The van der Waals surface area contributed by atoms with Crippen LogP contribution in [0.4, 0.5) is 4.79 Å². The number of rotatable bonds is 8. The average molecular weight is 288 g/mol. The third kappa shape index (κ3) is 6.96. The zero-order valence-corrected chi connectivity index (χ0v) is 12.5. The summed E-state index contributed by atoms with van der Waals surface area (Å²) in [5.41, 5.74) is 0. The van der Waals surface area contributed by atoms with E-state index < -0.39 is 24.0 Å². The summed E-state index contributed by atoms with van der Waals surface area (Å²) in [5, 5.41) is 4.95. The van der Waals surface area contributed by atoms with Crippen LogP contribution in [0, 0.1) is 5.92 Å². The lowest BCUT2D eigenvalue weighted by molar-refractivity contribution is -0.143. The molecule has 0 aromatic carbocycles. The van der Waals surface area contributed by atoms with Gasteiger partial charge in [0.05, 0.1) is 13.2 Å². The van der Waals surface area contributed by atoms with Crippen molar-refractivity contribution in [2.75, 3.05) is 19.8 Å². The van der Waals surface area contributed by atoms with E-state index in [1.54, 1.807) is 13.8 Å². The zero-order valence-electron chi connectivity index (χ0n) is 12.5. The minimum absolute atomic E-state index is 0.0819. The van der Waals surface area contributed by atoms with Crippen LogP contribution in [-0.4, -0.2) is 43.8 Å². The molecule has 2 amide bonds. The molecule has 0 spiro atoms. The molecule has 0 aliphatic rings. The maximum atomic E-state index is 12.0. The number of ether oxygens (including phenoxy) is 2. The Morgan fingerprint density at radius 2 is 1.65 bits per heavy atom. The Labute approximate surface area is 119 Å². The van der Waals surface area contributed by atoms with E-state index in [0.29, 0.717) is 6.42 Å². The van der Waals surface area contributed by atoms with Crippen molar-refractivity contribution >= 4 is 18.0 Å². The summed E-state index contributed by atoms with van der Waals surface area (Å²) in [4.78, 5) is 34.6. The molecule has 2 atom stereocenters. The summed E-state index contributed by atoms with van der Waals surface area (Å²) in [7, 11) is 0. The molecule has 7 heteroatoms. The number of nitrogens with one attached hydrogen (secondary N) is 2. The molecule has 2 unspecified atom stereocenters. The van der Waals surface area contributed by atoms with Crippen LogP contribution in [0.15, 0.2) is 0 Å². The fourth-order valence-electron chi connectivity index (χ4n) is 1.48. The molecule has 0 aromatic heterocycles. The van der Waals surface area contributed by atoms with Gasteiger partial charge in [-0.15, -0.1) is 0 Å². The van der Waals surface area contributed by atoms with Gasteiger partial charge in [-0.05, 0) is 19.8 Å². The molecule has 0 bridgehead atoms. The van der Waals surface area contributed by atoms with Crippen molar-refractivity contribution in [3.8, 4) is 0 Å². The van der Waals surface area contributed by atoms with Crippen molar-refractivity contribution in [3.05, 3.63) is 0 Å². The van der Waals surface area contributed by atoms with Gasteiger partial charge in [0.1, 0.15) is 12.6 Å². The summed E-state index contributed by atoms with van der Waals surface area (Å²) < 4.78 is 9.47. The van der Waals surface area contributed by atoms with Crippen LogP contribution in [0.1, 0.15) is 34.1 Å². The molecule has 0 aliphatic carbocycles. The highest BCUT2D eigenvalue weighted by Crippen LogP contribution is 2.08. The number of carbonyl (C=O) groups excluding carboxylic acids is 3. The van der Waals surface area contributed by atoms with Gasteiger partial charge in [-0.2, -0.15) is 0 Å². The molecule has 2 N–H and O–H groups in total. The molecule has 0 fully saturated rings. The molecular formula is C13H24N2O5. The largest absolute Gasteiger partial charge is 0.465 e. The number of amides is 2. The molecule has 0 saturated carbocycles. The Hall–Kier alpha value is -1.79. The highest BCUT2D eigenvalue weighted by atomic mass is 16.5. The van der Waals surface area contributed by atoms with E-state index >= 15 is 0 Å². The van der Waals surface area contributed by atoms with Crippen LogP contribution >= 0.6 is 0 Å². The van der Waals surface area contributed by atoms with Gasteiger partial charge in [-0.1, -0.05) is 20.3 Å². The van der Waals surface area contributed by atoms with Crippen LogP contribution < -0.4 is 10.6 Å². The summed E-state index contributed by atoms with van der Waals surface area (Å²) in [6.45, 7) is 7.37. The third-order valence-electron chi connectivity index (χ3n) is 2.76. The number of alkyl carbamates (subject to hydrolysis) is 1. The smallest absolute Gasteiger partial charge is 0.407 e. The van der Waals surface area contributed by atoms with Crippen molar-refractivity contribution < 1.29 is 23.9 Å². The fraction of sp³-hybridized carbons (Fsp3) is 0.769. The normalized spacial score (nSPS) is 13.0. The molecule has 0 aliphatic heterocycles. The fourth-order valence-corrected chi connectivity index (χ4v) is 1.48. The number of esters is 1. The molecule has 7 nitrogen and oxygen atoms in total. The Kier molecular flexibility index (Phi) is 9.15. The second-order valence-electron chi connectivity index (χ2n) is 4.25. The monoisotopic (exact) mass is 288 g/mol. The molecule has 20 heavy (non-hydrogen) atoms. The molecule has 0 radical (unpaired) electrons. The first-order chi connectivity index (χ1) is 9.46. The van der Waals surface area contributed by atoms with Crippen molar-refractivity contribution in [1.82, 2.24) is 10.6 Å². The van der Waals surface area contributed by atoms with Crippen molar-refractivity contribution in [2.24, 2.45) is 5.92 Å². The van der Waals surface area contributed by atoms with Crippen LogP contribution in [0.5, 0.6) is 0 Å². The van der Waals surface area contributed by atoms with Crippen molar-refractivity contribution in [1.29, 1.82) is 0 Å². The SMILES string of the molecule is CCOC(=O)CNC(=O)C(NC(=O)OCC)C(C)CC. The van der Waals surface area contributed by atoms with E-state index in [1.165, 1.54) is 0 Å². The summed E-state index contributed by atoms with van der Waals surface area (Å²) in [6, 6.07) is -0.742. The van der Waals surface area contributed by atoms with Crippen LogP contribution in [-0.2, 0) is 19.1 Å². The molecule has 0 saturated heterocycles. The standard InChI is InChI=1S/C13H24N2O5/c1-5-9(4)11(15-13(18)20-7-3)12(17)14-8-10(16)19-6-2/h9,11H,5-8H2,1-4H3,(H,14,17)(H,15,18). The van der Waals surface area contributed by atoms with E-state index in [2.05, 4.69) is 10.6 Å². The maximum Gasteiger partial charge on any atom is 0.407 e. The second kappa shape index (κ2) is 10.1. The van der Waals surface area contributed by atoms with Crippen molar-refractivity contribution in [3.63, 3.8) is 0 Å². The lowest BCUT2D eigenvalue weighted by atomic mass is 9.98. The summed E-state index contributed by atoms with van der Waals surface area (Å²) in [6.07, 6.45) is 0.0493. The maximum absolute atomic E-state index is 12.0. The average Bonchev–Trinajstić information content (AvgIpc) is 2.42. The quantitative estimate of drug-likeness (QED) is 0.645. The highest BCUT2D eigenvalue weighted by Gasteiger charge is 2.26. The Morgan fingerprint density at radius 3 is 2.15 bits per heavy atom. The highest BCUT2D eigenvalue weighted by molar-refractivity contribution is 5.88. The van der Waals surface area contributed by atoms with E-state index in [-0.39, 0.29) is 25.7 Å². The van der Waals surface area contributed by atoms with Gasteiger partial charge in [-0.25, -0.2) is 4.79 Å². The van der Waals surface area contributed by atoms with Crippen LogP contribution in [0.3, 0.4) is 0 Å².